The number of aromatic hydroxyl groups is 1. The zero-order valence-corrected chi connectivity index (χ0v) is 8.65. The normalized spacial score (nSPS) is 10.4. The van der Waals surface area contributed by atoms with Crippen LogP contribution in [0.5, 0.6) is 5.75 Å². The van der Waals surface area contributed by atoms with Gasteiger partial charge in [-0.2, -0.15) is 0 Å². The molecule has 0 radical (unpaired) electrons. The van der Waals surface area contributed by atoms with E-state index in [1.54, 1.807) is 18.2 Å². The molecule has 0 amide bonds. The lowest BCUT2D eigenvalue weighted by atomic mass is 10.2. The summed E-state index contributed by atoms with van der Waals surface area (Å²) in [5.41, 5.74) is 0.745. The number of aldehydes is 1. The maximum atomic E-state index is 10.5. The Bertz CT molecular complexity index is 511. The molecular formula is C10H6BrNO2. The third kappa shape index (κ3) is 1.37. The molecule has 1 N–H and O–H groups in total. The van der Waals surface area contributed by atoms with Gasteiger partial charge in [-0.1, -0.05) is 12.1 Å². The van der Waals surface area contributed by atoms with Gasteiger partial charge in [0.25, 0.3) is 0 Å². The molecule has 2 aromatic rings. The van der Waals surface area contributed by atoms with Crippen LogP contribution in [0.2, 0.25) is 0 Å². The Morgan fingerprint density at radius 3 is 2.71 bits per heavy atom. The summed E-state index contributed by atoms with van der Waals surface area (Å²) >= 11 is 3.18. The van der Waals surface area contributed by atoms with Crippen LogP contribution in [0, 0.1) is 0 Å². The number of benzene rings is 1. The minimum Gasteiger partial charge on any atom is -0.505 e. The Morgan fingerprint density at radius 1 is 1.29 bits per heavy atom. The monoisotopic (exact) mass is 251 g/mol. The predicted molar refractivity (Wildman–Crippen MR) is 56.5 cm³/mol. The second-order valence-electron chi connectivity index (χ2n) is 2.82. The molecule has 0 spiro atoms. The van der Waals surface area contributed by atoms with Gasteiger partial charge in [0.1, 0.15) is 11.2 Å². The topological polar surface area (TPSA) is 50.2 Å². The second kappa shape index (κ2) is 3.38. The molecule has 0 fully saturated rings. The van der Waals surface area contributed by atoms with Gasteiger partial charge in [-0.15, -0.1) is 0 Å². The average molecular weight is 252 g/mol. The van der Waals surface area contributed by atoms with Crippen LogP contribution >= 0.6 is 15.9 Å². The lowest BCUT2D eigenvalue weighted by Crippen LogP contribution is -1.87. The van der Waals surface area contributed by atoms with E-state index in [1.807, 2.05) is 6.07 Å². The maximum absolute atomic E-state index is 10.5. The number of halogens is 1. The summed E-state index contributed by atoms with van der Waals surface area (Å²) < 4.78 is 0.570. The van der Waals surface area contributed by atoms with E-state index >= 15 is 0 Å². The zero-order chi connectivity index (χ0) is 10.1. The number of hydrogen-bond acceptors (Lipinski definition) is 3. The Hall–Kier alpha value is -1.42. The average Bonchev–Trinajstić information content (AvgIpc) is 2.23. The highest BCUT2D eigenvalue weighted by Gasteiger charge is 2.05. The van der Waals surface area contributed by atoms with Crippen LogP contribution < -0.4 is 0 Å². The molecule has 0 aliphatic carbocycles. The number of fused-ring (bicyclic) bond motifs is 1. The van der Waals surface area contributed by atoms with Crippen LogP contribution in [0.25, 0.3) is 10.9 Å². The number of phenols is 1. The molecule has 70 valence electrons. The van der Waals surface area contributed by atoms with Gasteiger partial charge in [0.2, 0.25) is 0 Å². The number of nitrogens with zero attached hydrogens (tertiary/aromatic N) is 1. The SMILES string of the molecule is O=Cc1ccc2ccc(Br)c(O)c2n1. The fourth-order valence-corrected chi connectivity index (χ4v) is 1.55. The predicted octanol–water partition coefficient (Wildman–Crippen LogP) is 2.52. The number of hydrogen-bond donors (Lipinski definition) is 1. The molecule has 2 rings (SSSR count). The molecule has 4 heteroatoms. The molecule has 3 nitrogen and oxygen atoms in total. The number of carbonyl (C=O) groups excluding carboxylic acids is 1. The molecule has 1 aromatic carbocycles. The quantitative estimate of drug-likeness (QED) is 0.793. The molecule has 0 aliphatic heterocycles. The molecule has 1 heterocycles. The Balaban J connectivity index is 2.84. The fraction of sp³-hybridized carbons (Fsp3) is 0. The summed E-state index contributed by atoms with van der Waals surface area (Å²) in [4.78, 5) is 14.5. The van der Waals surface area contributed by atoms with Gasteiger partial charge in [-0.05, 0) is 28.1 Å². The molecular weight excluding hydrogens is 246 g/mol. The van der Waals surface area contributed by atoms with Crippen molar-refractivity contribution in [1.82, 2.24) is 4.98 Å². The zero-order valence-electron chi connectivity index (χ0n) is 7.07. The van der Waals surface area contributed by atoms with Crippen LogP contribution in [-0.2, 0) is 0 Å². The summed E-state index contributed by atoms with van der Waals surface area (Å²) in [5.74, 6) is 0.0613. The standard InChI is InChI=1S/C10H6BrNO2/c11-8-4-2-6-1-3-7(5-13)12-9(6)10(8)14/h1-5,14H. The number of carbonyl (C=O) groups is 1. The van der Waals surface area contributed by atoms with Gasteiger partial charge in [0.05, 0.1) is 4.47 Å². The highest BCUT2D eigenvalue weighted by molar-refractivity contribution is 9.10. The summed E-state index contributed by atoms with van der Waals surface area (Å²) in [6, 6.07) is 6.92. The van der Waals surface area contributed by atoms with Crippen LogP contribution in [0.1, 0.15) is 10.5 Å². The van der Waals surface area contributed by atoms with E-state index in [-0.39, 0.29) is 5.75 Å². The van der Waals surface area contributed by atoms with E-state index in [0.717, 1.165) is 5.39 Å². The first-order chi connectivity index (χ1) is 6.72. The summed E-state index contributed by atoms with van der Waals surface area (Å²) in [6.07, 6.45) is 0.653. The molecule has 0 atom stereocenters. The van der Waals surface area contributed by atoms with Crippen molar-refractivity contribution >= 4 is 33.1 Å². The van der Waals surface area contributed by atoms with E-state index in [4.69, 9.17) is 0 Å². The number of pyridine rings is 1. The number of aromatic nitrogens is 1. The van der Waals surface area contributed by atoms with Crippen LogP contribution in [0.4, 0.5) is 0 Å². The second-order valence-corrected chi connectivity index (χ2v) is 3.68. The Morgan fingerprint density at radius 2 is 2.00 bits per heavy atom. The molecule has 0 bridgehead atoms. The first-order valence-electron chi connectivity index (χ1n) is 3.96. The van der Waals surface area contributed by atoms with Crippen LogP contribution in [0.15, 0.2) is 28.7 Å². The van der Waals surface area contributed by atoms with Crippen LogP contribution in [-0.4, -0.2) is 16.4 Å². The van der Waals surface area contributed by atoms with Crippen molar-refractivity contribution in [2.45, 2.75) is 0 Å². The minimum atomic E-state index is 0.0613. The highest BCUT2D eigenvalue weighted by atomic mass is 79.9. The minimum absolute atomic E-state index is 0.0613. The van der Waals surface area contributed by atoms with Crippen molar-refractivity contribution in [2.75, 3.05) is 0 Å². The van der Waals surface area contributed by atoms with Gasteiger partial charge in [-0.25, -0.2) is 4.98 Å². The molecule has 0 unspecified atom stereocenters. The third-order valence-electron chi connectivity index (χ3n) is 1.93. The third-order valence-corrected chi connectivity index (χ3v) is 2.57. The lowest BCUT2D eigenvalue weighted by Gasteiger charge is -2.02. The van der Waals surface area contributed by atoms with Crippen molar-refractivity contribution in [3.63, 3.8) is 0 Å². The molecule has 0 aliphatic rings. The van der Waals surface area contributed by atoms with E-state index in [1.165, 1.54) is 0 Å². The van der Waals surface area contributed by atoms with Crippen molar-refractivity contribution in [3.05, 3.63) is 34.4 Å². The van der Waals surface area contributed by atoms with Gasteiger partial charge < -0.3 is 5.11 Å². The van der Waals surface area contributed by atoms with Crippen LogP contribution in [0.3, 0.4) is 0 Å². The Labute approximate surface area is 88.5 Å². The van der Waals surface area contributed by atoms with Crippen molar-refractivity contribution < 1.29 is 9.90 Å². The molecule has 1 aromatic heterocycles. The summed E-state index contributed by atoms with van der Waals surface area (Å²) in [5, 5.41) is 10.5. The number of rotatable bonds is 1. The maximum Gasteiger partial charge on any atom is 0.168 e. The molecule has 0 saturated heterocycles. The van der Waals surface area contributed by atoms with Gasteiger partial charge >= 0.3 is 0 Å². The fourth-order valence-electron chi connectivity index (χ4n) is 1.23. The van der Waals surface area contributed by atoms with Gasteiger partial charge in [-0.3, -0.25) is 4.79 Å². The molecule has 0 saturated carbocycles. The number of phenolic OH excluding ortho intramolecular Hbond substituents is 1. The lowest BCUT2D eigenvalue weighted by molar-refractivity contribution is 0.111. The van der Waals surface area contributed by atoms with Gasteiger partial charge in [0.15, 0.2) is 12.0 Å². The first-order valence-corrected chi connectivity index (χ1v) is 4.75. The van der Waals surface area contributed by atoms with Crippen molar-refractivity contribution in [2.24, 2.45) is 0 Å². The van der Waals surface area contributed by atoms with Crippen molar-refractivity contribution in [3.8, 4) is 5.75 Å². The largest absolute Gasteiger partial charge is 0.505 e. The smallest absolute Gasteiger partial charge is 0.168 e. The summed E-state index contributed by atoms with van der Waals surface area (Å²) in [6.45, 7) is 0. The Kier molecular flexibility index (Phi) is 2.21. The van der Waals surface area contributed by atoms with E-state index in [9.17, 15) is 9.90 Å². The van der Waals surface area contributed by atoms with E-state index < -0.39 is 0 Å². The van der Waals surface area contributed by atoms with E-state index in [2.05, 4.69) is 20.9 Å². The van der Waals surface area contributed by atoms with Crippen molar-refractivity contribution in [1.29, 1.82) is 0 Å². The first kappa shape index (κ1) is 9.15. The van der Waals surface area contributed by atoms with E-state index in [0.29, 0.717) is 22.0 Å². The van der Waals surface area contributed by atoms with Gasteiger partial charge in [0, 0.05) is 5.39 Å². The summed E-state index contributed by atoms with van der Waals surface area (Å²) in [7, 11) is 0. The molecule has 14 heavy (non-hydrogen) atoms. The highest BCUT2D eigenvalue weighted by Crippen LogP contribution is 2.30.